The molecule has 0 bridgehead atoms. The number of hydrogen-bond donors (Lipinski definition) is 3. The zero-order chi connectivity index (χ0) is 44.2. The van der Waals surface area contributed by atoms with E-state index >= 15 is 0 Å². The van der Waals surface area contributed by atoms with Gasteiger partial charge in [-0.3, -0.25) is 5.32 Å². The number of carbonyl (C=O) groups is 4. The molecule has 0 aliphatic heterocycles. The topological polar surface area (TPSA) is 193 Å². The van der Waals surface area contributed by atoms with E-state index in [0.717, 1.165) is 33.6 Å². The third kappa shape index (κ3) is 14.2. The Morgan fingerprint density at radius 3 is 2.05 bits per heavy atom. The number of amides is 2. The van der Waals surface area contributed by atoms with Gasteiger partial charge in [-0.2, -0.15) is 4.68 Å². The molecule has 3 N–H and O–H groups in total. The lowest BCUT2D eigenvalue weighted by Crippen LogP contribution is -2.39. The Kier molecular flexibility index (Phi) is 15.2. The highest BCUT2D eigenvalue weighted by Gasteiger charge is 2.29. The smallest absolute Gasteiger partial charge is 0.413 e. The SMILES string of the molecule is C[n+]1cc(-c2ccc(OC(CO/N=C(/C(=O)O)c3csc(NC(=O)OC(C)(C)C)n3)C(=O)OC(c3ccccc3)c3ccccc3)cc2)cn1CCCNC(=O)OC(C)(C)C. The third-order valence-corrected chi connectivity index (χ3v) is 9.12. The van der Waals surface area contributed by atoms with Crippen molar-refractivity contribution in [3.8, 4) is 16.9 Å². The maximum Gasteiger partial charge on any atom is 0.413 e. The maximum atomic E-state index is 14.0. The summed E-state index contributed by atoms with van der Waals surface area (Å²) in [6.07, 6.45) is 1.20. The van der Waals surface area contributed by atoms with Gasteiger partial charge in [0, 0.05) is 11.9 Å². The molecule has 3 aromatic carbocycles. The summed E-state index contributed by atoms with van der Waals surface area (Å²) in [6.45, 7) is 11.1. The van der Waals surface area contributed by atoms with Gasteiger partial charge >= 0.3 is 24.1 Å². The summed E-state index contributed by atoms with van der Waals surface area (Å²) in [5.74, 6) is -1.95. The molecule has 1 atom stereocenters. The molecule has 322 valence electrons. The van der Waals surface area contributed by atoms with Crippen LogP contribution in [0, 0.1) is 0 Å². The summed E-state index contributed by atoms with van der Waals surface area (Å²) in [5.41, 5.74) is 1.24. The first-order valence-corrected chi connectivity index (χ1v) is 20.3. The predicted molar refractivity (Wildman–Crippen MR) is 227 cm³/mol. The fraction of sp³-hybridized carbons (Fsp3) is 0.341. The van der Waals surface area contributed by atoms with Crippen molar-refractivity contribution in [3.63, 3.8) is 0 Å². The van der Waals surface area contributed by atoms with Gasteiger partial charge in [0.15, 0.2) is 24.9 Å². The molecule has 17 heteroatoms. The Balaban J connectivity index is 1.32. The molecule has 61 heavy (non-hydrogen) atoms. The minimum absolute atomic E-state index is 0.0808. The lowest BCUT2D eigenvalue weighted by atomic mass is 10.0. The molecule has 5 rings (SSSR count). The molecule has 0 spiro atoms. The van der Waals surface area contributed by atoms with E-state index in [0.29, 0.717) is 25.3 Å². The lowest BCUT2D eigenvalue weighted by molar-refractivity contribution is -0.753. The minimum Gasteiger partial charge on any atom is -0.476 e. The van der Waals surface area contributed by atoms with Crippen LogP contribution >= 0.6 is 11.3 Å². The van der Waals surface area contributed by atoms with Crippen molar-refractivity contribution < 1.29 is 52.8 Å². The van der Waals surface area contributed by atoms with Crippen molar-refractivity contribution in [3.05, 3.63) is 120 Å². The van der Waals surface area contributed by atoms with Crippen LogP contribution in [0.1, 0.15) is 70.9 Å². The number of benzene rings is 3. The van der Waals surface area contributed by atoms with E-state index in [4.69, 9.17) is 23.8 Å². The second-order valence-electron chi connectivity index (χ2n) is 15.7. The normalized spacial score (nSPS) is 12.3. The zero-order valence-corrected chi connectivity index (χ0v) is 35.9. The molecule has 0 radical (unpaired) electrons. The number of aromatic nitrogens is 3. The fourth-order valence-electron chi connectivity index (χ4n) is 5.69. The van der Waals surface area contributed by atoms with Crippen LogP contribution in [0.2, 0.25) is 0 Å². The lowest BCUT2D eigenvalue weighted by Gasteiger charge is -2.23. The van der Waals surface area contributed by atoms with Crippen LogP contribution in [0.25, 0.3) is 11.1 Å². The fourth-order valence-corrected chi connectivity index (χ4v) is 6.37. The molecule has 16 nitrogen and oxygen atoms in total. The van der Waals surface area contributed by atoms with Gasteiger partial charge < -0.3 is 34.2 Å². The molecule has 5 aromatic rings. The summed E-state index contributed by atoms with van der Waals surface area (Å²) in [4.78, 5) is 60.2. The van der Waals surface area contributed by atoms with Crippen molar-refractivity contribution >= 4 is 46.3 Å². The van der Waals surface area contributed by atoms with Crippen LogP contribution in [0.3, 0.4) is 0 Å². The number of anilines is 1. The molecule has 0 aliphatic carbocycles. The van der Waals surface area contributed by atoms with Crippen molar-refractivity contribution in [1.82, 2.24) is 15.0 Å². The molecular weight excluding hydrogens is 805 g/mol. The molecule has 0 saturated heterocycles. The van der Waals surface area contributed by atoms with Crippen LogP contribution < -0.4 is 20.1 Å². The third-order valence-electron chi connectivity index (χ3n) is 8.36. The van der Waals surface area contributed by atoms with Crippen LogP contribution in [0.4, 0.5) is 14.7 Å². The molecule has 2 aromatic heterocycles. The molecule has 2 amide bonds. The van der Waals surface area contributed by atoms with Gasteiger partial charge in [-0.05, 0) is 76.8 Å². The maximum absolute atomic E-state index is 14.0. The summed E-state index contributed by atoms with van der Waals surface area (Å²) in [7, 11) is 1.92. The van der Waals surface area contributed by atoms with E-state index in [-0.39, 0.29) is 10.8 Å². The van der Waals surface area contributed by atoms with Crippen molar-refractivity contribution in [2.75, 3.05) is 18.5 Å². The highest BCUT2D eigenvalue weighted by atomic mass is 32.1. The molecule has 0 aliphatic rings. The van der Waals surface area contributed by atoms with Crippen molar-refractivity contribution in [1.29, 1.82) is 0 Å². The molecule has 0 saturated carbocycles. The number of carboxylic acid groups (broad SMARTS) is 1. The highest BCUT2D eigenvalue weighted by molar-refractivity contribution is 7.14. The van der Waals surface area contributed by atoms with E-state index in [9.17, 15) is 24.3 Å². The zero-order valence-electron chi connectivity index (χ0n) is 35.1. The number of thiazole rings is 1. The average molecular weight is 856 g/mol. The van der Waals surface area contributed by atoms with Crippen LogP contribution in [0.5, 0.6) is 5.75 Å². The van der Waals surface area contributed by atoms with Crippen LogP contribution in [-0.2, 0) is 42.2 Å². The van der Waals surface area contributed by atoms with Crippen LogP contribution in [0.15, 0.2) is 108 Å². The Morgan fingerprint density at radius 1 is 0.852 bits per heavy atom. The van der Waals surface area contributed by atoms with Crippen molar-refractivity contribution in [2.24, 2.45) is 12.2 Å². The standard InChI is InChI=1S/C44H50N6O10S/c1-43(2,3)59-41(54)45-23-14-24-50-26-32(25-49(50)7)29-19-21-33(22-20-29)57-35(39(53)58-37(30-15-10-8-11-16-30)31-17-12-9-13-18-31)27-56-48-36(38(51)52)34-28-61-40(46-34)47-42(55)60-44(4,5)6/h8-13,15-22,25-26,28,35,37H,14,23-24,27H2,1-7H3,(H2-,45,46,47,51,52,54,55)/p+1/b48-36+. The number of carbonyl (C=O) groups excluding carboxylic acids is 3. The number of alkyl carbamates (subject to hydrolysis) is 1. The molecule has 2 heterocycles. The second kappa shape index (κ2) is 20.5. The number of hydrogen-bond acceptors (Lipinski definition) is 12. The number of aryl methyl sites for hydroxylation is 2. The van der Waals surface area contributed by atoms with E-state index in [1.807, 2.05) is 122 Å². The van der Waals surface area contributed by atoms with Gasteiger partial charge in [0.25, 0.3) is 0 Å². The monoisotopic (exact) mass is 855 g/mol. The summed E-state index contributed by atoms with van der Waals surface area (Å²) in [5, 5.41) is 20.5. The number of nitrogens with one attached hydrogen (secondary N) is 2. The Hall–Kier alpha value is -6.75. The Labute approximate surface area is 358 Å². The van der Waals surface area contributed by atoms with Gasteiger partial charge in [0.1, 0.15) is 22.6 Å². The number of oxime groups is 1. The predicted octanol–water partition coefficient (Wildman–Crippen LogP) is 7.28. The molecular formula is C44H51N6O10S+. The first kappa shape index (κ1) is 45.3. The van der Waals surface area contributed by atoms with Gasteiger partial charge in [0.05, 0.1) is 18.3 Å². The number of carboxylic acids is 1. The van der Waals surface area contributed by atoms with E-state index in [2.05, 4.69) is 20.8 Å². The van der Waals surface area contributed by atoms with E-state index < -0.39 is 59.9 Å². The van der Waals surface area contributed by atoms with Gasteiger partial charge in [-0.1, -0.05) is 78.0 Å². The van der Waals surface area contributed by atoms with Gasteiger partial charge in [-0.15, -0.1) is 16.0 Å². The second-order valence-corrected chi connectivity index (χ2v) is 16.6. The Bertz CT molecular complexity index is 2240. The minimum atomic E-state index is -1.46. The van der Waals surface area contributed by atoms with E-state index in [1.54, 1.807) is 32.9 Å². The van der Waals surface area contributed by atoms with Crippen molar-refractivity contribution in [2.45, 2.75) is 77.9 Å². The van der Waals surface area contributed by atoms with E-state index in [1.165, 1.54) is 5.38 Å². The average Bonchev–Trinajstić information content (AvgIpc) is 3.81. The summed E-state index contributed by atoms with van der Waals surface area (Å²) < 4.78 is 26.8. The number of rotatable bonds is 17. The molecule has 1 unspecified atom stereocenters. The largest absolute Gasteiger partial charge is 0.476 e. The Morgan fingerprint density at radius 2 is 1.46 bits per heavy atom. The number of nitrogens with zero attached hydrogens (tertiary/aromatic N) is 4. The summed E-state index contributed by atoms with van der Waals surface area (Å²) in [6, 6.07) is 25.5. The number of esters is 1. The first-order valence-electron chi connectivity index (χ1n) is 19.4. The first-order chi connectivity index (χ1) is 28.9. The quantitative estimate of drug-likeness (QED) is 0.0213. The molecule has 0 fully saturated rings. The summed E-state index contributed by atoms with van der Waals surface area (Å²) >= 11 is 0.964. The highest BCUT2D eigenvalue weighted by Crippen LogP contribution is 2.28. The number of aliphatic carboxylic acids is 1. The number of ether oxygens (including phenoxy) is 4. The van der Waals surface area contributed by atoms with Gasteiger partial charge in [-0.25, -0.2) is 24.2 Å². The van der Waals surface area contributed by atoms with Gasteiger partial charge in [0.2, 0.25) is 18.0 Å². The van der Waals surface area contributed by atoms with Crippen LogP contribution in [-0.4, -0.2) is 75.1 Å².